The molecule has 0 fully saturated rings. The Morgan fingerprint density at radius 1 is 1.47 bits per heavy atom. The molecular weight excluding hydrogens is 238 g/mol. The minimum absolute atomic E-state index is 0.00510. The highest BCUT2D eigenvalue weighted by atomic mass is 35.5. The molecule has 0 aliphatic carbocycles. The van der Waals surface area contributed by atoms with Crippen molar-refractivity contribution in [3.8, 4) is 0 Å². The molecule has 1 N–H and O–H groups in total. The molecule has 3 nitrogen and oxygen atoms in total. The summed E-state index contributed by atoms with van der Waals surface area (Å²) in [4.78, 5) is 11.9. The van der Waals surface area contributed by atoms with Crippen molar-refractivity contribution in [1.82, 2.24) is 5.32 Å². The molecule has 1 rings (SSSR count). The van der Waals surface area contributed by atoms with E-state index in [0.717, 1.165) is 12.8 Å². The number of hydrogen-bond donors (Lipinski definition) is 1. The third-order valence-corrected chi connectivity index (χ3v) is 4.08. The third kappa shape index (κ3) is 3.25. The lowest BCUT2D eigenvalue weighted by Gasteiger charge is -2.29. The summed E-state index contributed by atoms with van der Waals surface area (Å²) in [6.07, 6.45) is 3.44. The molecular formula is C13H20ClNO2. The van der Waals surface area contributed by atoms with Crippen molar-refractivity contribution in [1.29, 1.82) is 0 Å². The van der Waals surface area contributed by atoms with Gasteiger partial charge in [0.15, 0.2) is 0 Å². The van der Waals surface area contributed by atoms with Crippen molar-refractivity contribution in [2.24, 2.45) is 5.41 Å². The zero-order valence-electron chi connectivity index (χ0n) is 10.7. The molecule has 0 radical (unpaired) electrons. The lowest BCUT2D eigenvalue weighted by atomic mass is 9.84. The fourth-order valence-electron chi connectivity index (χ4n) is 1.72. The van der Waals surface area contributed by atoms with Gasteiger partial charge < -0.3 is 9.73 Å². The number of furan rings is 1. The summed E-state index contributed by atoms with van der Waals surface area (Å²) in [5.74, 6) is 1.12. The van der Waals surface area contributed by atoms with Gasteiger partial charge >= 0.3 is 0 Å². The van der Waals surface area contributed by atoms with Gasteiger partial charge in [0.05, 0.1) is 11.8 Å². The topological polar surface area (TPSA) is 42.2 Å². The summed E-state index contributed by atoms with van der Waals surface area (Å²) in [5, 5.41) is 2.94. The van der Waals surface area contributed by atoms with Gasteiger partial charge in [-0.2, -0.15) is 0 Å². The van der Waals surface area contributed by atoms with E-state index in [1.165, 1.54) is 6.26 Å². The Balaban J connectivity index is 2.62. The molecule has 0 unspecified atom stereocenters. The molecule has 0 aromatic carbocycles. The molecule has 0 aliphatic heterocycles. The maximum atomic E-state index is 11.9. The second-order valence-corrected chi connectivity index (χ2v) is 4.68. The lowest BCUT2D eigenvalue weighted by molar-refractivity contribution is 0.0930. The Bertz CT molecular complexity index is 361. The van der Waals surface area contributed by atoms with Gasteiger partial charge in [-0.3, -0.25) is 4.79 Å². The summed E-state index contributed by atoms with van der Waals surface area (Å²) in [7, 11) is 0. The SMILES string of the molecule is CCC(CC)(CCl)CNC(=O)c1ccoc1C. The molecule has 0 atom stereocenters. The van der Waals surface area contributed by atoms with E-state index >= 15 is 0 Å². The van der Waals surface area contributed by atoms with Gasteiger partial charge in [-0.25, -0.2) is 0 Å². The van der Waals surface area contributed by atoms with E-state index in [1.807, 2.05) is 0 Å². The van der Waals surface area contributed by atoms with Crippen LogP contribution < -0.4 is 5.32 Å². The quantitative estimate of drug-likeness (QED) is 0.794. The third-order valence-electron chi connectivity index (χ3n) is 3.51. The summed E-state index contributed by atoms with van der Waals surface area (Å²) in [6.45, 7) is 6.58. The summed E-state index contributed by atoms with van der Waals surface area (Å²) >= 11 is 5.99. The molecule has 1 amide bonds. The molecule has 0 saturated carbocycles. The molecule has 0 bridgehead atoms. The number of amides is 1. The maximum absolute atomic E-state index is 11.9. The van der Waals surface area contributed by atoms with Crippen LogP contribution in [0.15, 0.2) is 16.7 Å². The minimum atomic E-state index is -0.0901. The molecule has 1 aromatic heterocycles. The average Bonchev–Trinajstić information content (AvgIpc) is 2.78. The highest BCUT2D eigenvalue weighted by Gasteiger charge is 2.26. The van der Waals surface area contributed by atoms with Gasteiger partial charge in [-0.1, -0.05) is 13.8 Å². The van der Waals surface area contributed by atoms with Crippen LogP contribution in [0, 0.1) is 12.3 Å². The number of rotatable bonds is 6. The first-order valence-electron chi connectivity index (χ1n) is 5.97. The Kier molecular flexibility index (Phi) is 5.06. The van der Waals surface area contributed by atoms with Crippen molar-refractivity contribution in [3.05, 3.63) is 23.7 Å². The number of halogens is 1. The van der Waals surface area contributed by atoms with E-state index in [1.54, 1.807) is 13.0 Å². The molecule has 0 saturated heterocycles. The molecule has 0 spiro atoms. The number of carbonyl (C=O) groups excluding carboxylic acids is 1. The van der Waals surface area contributed by atoms with Crippen LogP contribution in [0.3, 0.4) is 0 Å². The van der Waals surface area contributed by atoms with Crippen molar-refractivity contribution in [2.45, 2.75) is 33.6 Å². The second-order valence-electron chi connectivity index (χ2n) is 4.41. The van der Waals surface area contributed by atoms with E-state index in [0.29, 0.717) is 23.7 Å². The Labute approximate surface area is 108 Å². The van der Waals surface area contributed by atoms with Crippen molar-refractivity contribution in [2.75, 3.05) is 12.4 Å². The molecule has 1 heterocycles. The lowest BCUT2D eigenvalue weighted by Crippen LogP contribution is -2.38. The number of aryl methyl sites for hydroxylation is 1. The Morgan fingerprint density at radius 2 is 2.12 bits per heavy atom. The van der Waals surface area contributed by atoms with Gasteiger partial charge in [0, 0.05) is 17.8 Å². The smallest absolute Gasteiger partial charge is 0.254 e. The Hall–Kier alpha value is -0.960. The average molecular weight is 258 g/mol. The highest BCUT2D eigenvalue weighted by molar-refractivity contribution is 6.18. The predicted molar refractivity (Wildman–Crippen MR) is 69.5 cm³/mol. The van der Waals surface area contributed by atoms with E-state index in [9.17, 15) is 4.79 Å². The zero-order valence-corrected chi connectivity index (χ0v) is 11.4. The first kappa shape index (κ1) is 14.1. The van der Waals surface area contributed by atoms with Gasteiger partial charge in [0.2, 0.25) is 0 Å². The van der Waals surface area contributed by atoms with Gasteiger partial charge in [-0.15, -0.1) is 11.6 Å². The first-order valence-corrected chi connectivity index (χ1v) is 6.50. The van der Waals surface area contributed by atoms with Crippen LogP contribution in [0.1, 0.15) is 42.8 Å². The maximum Gasteiger partial charge on any atom is 0.254 e. The second kappa shape index (κ2) is 6.10. The summed E-state index contributed by atoms with van der Waals surface area (Å²) in [5.41, 5.74) is 0.593. The molecule has 96 valence electrons. The van der Waals surface area contributed by atoms with Crippen molar-refractivity contribution < 1.29 is 9.21 Å². The molecule has 17 heavy (non-hydrogen) atoms. The molecule has 1 aromatic rings. The van der Waals surface area contributed by atoms with Crippen molar-refractivity contribution >= 4 is 17.5 Å². The standard InChI is InChI=1S/C13H20ClNO2/c1-4-13(5-2,8-14)9-15-12(16)11-6-7-17-10(11)3/h6-7H,4-5,8-9H2,1-3H3,(H,15,16). The number of hydrogen-bond acceptors (Lipinski definition) is 2. The van der Waals surface area contributed by atoms with Crippen LogP contribution in [-0.4, -0.2) is 18.3 Å². The number of alkyl halides is 1. The summed E-state index contributed by atoms with van der Waals surface area (Å²) < 4.78 is 5.11. The van der Waals surface area contributed by atoms with E-state index in [2.05, 4.69) is 19.2 Å². The monoisotopic (exact) mass is 257 g/mol. The fourth-order valence-corrected chi connectivity index (χ4v) is 2.19. The van der Waals surface area contributed by atoms with Crippen LogP contribution in [0.5, 0.6) is 0 Å². The van der Waals surface area contributed by atoms with Crippen LogP contribution in [-0.2, 0) is 0 Å². The van der Waals surface area contributed by atoms with Gasteiger partial charge in [0.1, 0.15) is 5.76 Å². The first-order chi connectivity index (χ1) is 8.08. The number of carbonyl (C=O) groups is 1. The highest BCUT2D eigenvalue weighted by Crippen LogP contribution is 2.27. The predicted octanol–water partition coefficient (Wildman–Crippen LogP) is 3.36. The molecule has 0 aliphatic rings. The van der Waals surface area contributed by atoms with Crippen LogP contribution in [0.25, 0.3) is 0 Å². The van der Waals surface area contributed by atoms with E-state index in [4.69, 9.17) is 16.0 Å². The van der Waals surface area contributed by atoms with Gasteiger partial charge in [0.25, 0.3) is 5.91 Å². The zero-order chi connectivity index (χ0) is 12.9. The van der Waals surface area contributed by atoms with Crippen LogP contribution in [0.4, 0.5) is 0 Å². The van der Waals surface area contributed by atoms with E-state index < -0.39 is 0 Å². The van der Waals surface area contributed by atoms with Crippen molar-refractivity contribution in [3.63, 3.8) is 0 Å². The molecule has 4 heteroatoms. The normalized spacial score (nSPS) is 11.5. The van der Waals surface area contributed by atoms with Gasteiger partial charge in [-0.05, 0) is 25.8 Å². The largest absolute Gasteiger partial charge is 0.469 e. The summed E-state index contributed by atoms with van der Waals surface area (Å²) in [6, 6.07) is 1.69. The minimum Gasteiger partial charge on any atom is -0.469 e. The van der Waals surface area contributed by atoms with Crippen LogP contribution >= 0.6 is 11.6 Å². The fraction of sp³-hybridized carbons (Fsp3) is 0.615. The Morgan fingerprint density at radius 3 is 2.53 bits per heavy atom. The van der Waals surface area contributed by atoms with Crippen LogP contribution in [0.2, 0.25) is 0 Å². The number of nitrogens with one attached hydrogen (secondary N) is 1. The van der Waals surface area contributed by atoms with E-state index in [-0.39, 0.29) is 11.3 Å².